The van der Waals surface area contributed by atoms with Crippen molar-refractivity contribution in [3.8, 4) is 11.3 Å². The van der Waals surface area contributed by atoms with Gasteiger partial charge in [-0.15, -0.1) is 0 Å². The van der Waals surface area contributed by atoms with Crippen molar-refractivity contribution < 1.29 is 4.39 Å². The van der Waals surface area contributed by atoms with Gasteiger partial charge >= 0.3 is 0 Å². The lowest BCUT2D eigenvalue weighted by Gasteiger charge is -2.34. The minimum atomic E-state index is -0.242. The molecule has 1 unspecified atom stereocenters. The van der Waals surface area contributed by atoms with Crippen molar-refractivity contribution in [3.63, 3.8) is 0 Å². The van der Waals surface area contributed by atoms with E-state index < -0.39 is 0 Å². The molecule has 0 radical (unpaired) electrons. The third-order valence-corrected chi connectivity index (χ3v) is 7.51. The van der Waals surface area contributed by atoms with Crippen LogP contribution in [-0.4, -0.2) is 24.8 Å². The molecule has 7 heteroatoms. The van der Waals surface area contributed by atoms with Gasteiger partial charge in [0.1, 0.15) is 11.6 Å². The Morgan fingerprint density at radius 1 is 0.825 bits per heavy atom. The Bertz CT molecular complexity index is 1520. The number of benzene rings is 2. The Kier molecular flexibility index (Phi) is 8.02. The standard InChI is InChI=1S/C33H33FN6/c34-28-15-13-26(14-16-28)30-21-38-32(39-30)23-40(31-8-3-5-27-6-4-18-37-33(27)31)22-25-11-9-24(10-12-25)19-35-20-29-7-1-2-17-36-29/h1-2,4,6-7,9-18,21,31,35H,3,5,8,19-20,22-23H2,(H,38,39). The number of fused-ring (bicyclic) bond motifs is 1. The summed E-state index contributed by atoms with van der Waals surface area (Å²) >= 11 is 0. The summed E-state index contributed by atoms with van der Waals surface area (Å²) in [5.74, 6) is 0.644. The van der Waals surface area contributed by atoms with Crippen molar-refractivity contribution in [3.05, 3.63) is 137 Å². The molecule has 0 aliphatic heterocycles. The smallest absolute Gasteiger partial charge is 0.123 e. The summed E-state index contributed by atoms with van der Waals surface area (Å²) in [5, 5.41) is 3.48. The number of halogens is 1. The van der Waals surface area contributed by atoms with E-state index in [1.54, 1.807) is 12.1 Å². The number of hydrogen-bond donors (Lipinski definition) is 2. The summed E-state index contributed by atoms with van der Waals surface area (Å²) in [6, 6.07) is 25.8. The van der Waals surface area contributed by atoms with E-state index in [1.165, 1.54) is 34.5 Å². The molecular weight excluding hydrogens is 499 g/mol. The maximum Gasteiger partial charge on any atom is 0.123 e. The summed E-state index contributed by atoms with van der Waals surface area (Å²) in [6.45, 7) is 2.98. The molecule has 0 amide bonds. The molecule has 1 atom stereocenters. The van der Waals surface area contributed by atoms with E-state index in [-0.39, 0.29) is 11.9 Å². The Labute approximate surface area is 234 Å². The molecule has 2 N–H and O–H groups in total. The molecule has 2 aromatic carbocycles. The topological polar surface area (TPSA) is 69.7 Å². The first-order chi connectivity index (χ1) is 19.7. The van der Waals surface area contributed by atoms with Crippen LogP contribution in [0.15, 0.2) is 97.5 Å². The van der Waals surface area contributed by atoms with Gasteiger partial charge in [0, 0.05) is 32.0 Å². The molecule has 3 heterocycles. The van der Waals surface area contributed by atoms with Gasteiger partial charge in [-0.1, -0.05) is 36.4 Å². The molecular formula is C33H33FN6. The average Bonchev–Trinajstić information content (AvgIpc) is 3.47. The SMILES string of the molecule is Fc1ccc(-c2cnc(CN(Cc3ccc(CNCc4ccccn4)cc3)C3CCCc4cccnc43)[nH]2)cc1. The number of aromatic nitrogens is 4. The molecule has 6 rings (SSSR count). The fraction of sp³-hybridized carbons (Fsp3) is 0.242. The predicted molar refractivity (Wildman–Crippen MR) is 154 cm³/mol. The van der Waals surface area contributed by atoms with Crippen LogP contribution in [0, 0.1) is 5.82 Å². The summed E-state index contributed by atoms with van der Waals surface area (Å²) in [6.07, 6.45) is 8.83. The molecule has 0 saturated carbocycles. The van der Waals surface area contributed by atoms with Crippen molar-refractivity contribution in [1.82, 2.24) is 30.2 Å². The summed E-state index contributed by atoms with van der Waals surface area (Å²) in [5.41, 5.74) is 7.85. The number of H-pyrrole nitrogens is 1. The van der Waals surface area contributed by atoms with Gasteiger partial charge < -0.3 is 10.3 Å². The van der Waals surface area contributed by atoms with Crippen molar-refractivity contribution in [1.29, 1.82) is 0 Å². The first kappa shape index (κ1) is 26.0. The first-order valence-electron chi connectivity index (χ1n) is 13.9. The number of nitrogens with one attached hydrogen (secondary N) is 2. The van der Waals surface area contributed by atoms with Crippen LogP contribution in [0.5, 0.6) is 0 Å². The van der Waals surface area contributed by atoms with E-state index in [1.807, 2.05) is 42.9 Å². The molecule has 0 saturated heterocycles. The van der Waals surface area contributed by atoms with Crippen molar-refractivity contribution >= 4 is 0 Å². The number of aromatic amines is 1. The third kappa shape index (κ3) is 6.33. The van der Waals surface area contributed by atoms with E-state index in [0.29, 0.717) is 6.54 Å². The summed E-state index contributed by atoms with van der Waals surface area (Å²) in [7, 11) is 0. The largest absolute Gasteiger partial charge is 0.341 e. The molecule has 0 bridgehead atoms. The van der Waals surface area contributed by atoms with Crippen LogP contribution in [-0.2, 0) is 32.6 Å². The Balaban J connectivity index is 1.18. The number of pyridine rings is 2. The van der Waals surface area contributed by atoms with Gasteiger partial charge in [-0.05, 0) is 84.0 Å². The Morgan fingerprint density at radius 2 is 1.65 bits per heavy atom. The van der Waals surface area contributed by atoms with Crippen LogP contribution < -0.4 is 5.32 Å². The zero-order valence-electron chi connectivity index (χ0n) is 22.4. The van der Waals surface area contributed by atoms with Crippen molar-refractivity contribution in [2.24, 2.45) is 0 Å². The number of imidazole rings is 1. The summed E-state index contributed by atoms with van der Waals surface area (Å²) in [4.78, 5) is 19.8. The molecule has 202 valence electrons. The normalized spacial score (nSPS) is 14.8. The Hall–Kier alpha value is -4.20. The first-order valence-corrected chi connectivity index (χ1v) is 13.9. The number of rotatable bonds is 10. The fourth-order valence-corrected chi connectivity index (χ4v) is 5.46. The maximum atomic E-state index is 13.4. The Morgan fingerprint density at radius 3 is 2.48 bits per heavy atom. The zero-order chi connectivity index (χ0) is 27.1. The molecule has 6 nitrogen and oxygen atoms in total. The van der Waals surface area contributed by atoms with Crippen LogP contribution in [0.4, 0.5) is 4.39 Å². The highest BCUT2D eigenvalue weighted by Gasteiger charge is 2.28. The second kappa shape index (κ2) is 12.3. The van der Waals surface area contributed by atoms with Crippen molar-refractivity contribution in [2.45, 2.75) is 51.5 Å². The van der Waals surface area contributed by atoms with Gasteiger partial charge in [-0.3, -0.25) is 14.9 Å². The monoisotopic (exact) mass is 532 g/mol. The predicted octanol–water partition coefficient (Wildman–Crippen LogP) is 6.38. The quantitative estimate of drug-likeness (QED) is 0.219. The highest BCUT2D eigenvalue weighted by Crippen LogP contribution is 2.34. The second-order valence-electron chi connectivity index (χ2n) is 10.4. The van der Waals surface area contributed by atoms with E-state index in [2.05, 4.69) is 50.5 Å². The minimum Gasteiger partial charge on any atom is -0.341 e. The summed E-state index contributed by atoms with van der Waals surface area (Å²) < 4.78 is 13.4. The zero-order valence-corrected chi connectivity index (χ0v) is 22.4. The lowest BCUT2D eigenvalue weighted by molar-refractivity contribution is 0.153. The van der Waals surface area contributed by atoms with E-state index >= 15 is 0 Å². The maximum absolute atomic E-state index is 13.4. The number of hydrogen-bond acceptors (Lipinski definition) is 5. The van der Waals surface area contributed by atoms with Gasteiger partial charge in [0.2, 0.25) is 0 Å². The molecule has 0 fully saturated rings. The van der Waals surface area contributed by atoms with Crippen LogP contribution in [0.25, 0.3) is 11.3 Å². The van der Waals surface area contributed by atoms with E-state index in [4.69, 9.17) is 9.97 Å². The molecule has 5 aromatic rings. The highest BCUT2D eigenvalue weighted by molar-refractivity contribution is 5.58. The van der Waals surface area contributed by atoms with Gasteiger partial charge in [-0.2, -0.15) is 0 Å². The second-order valence-corrected chi connectivity index (χ2v) is 10.4. The molecule has 0 spiro atoms. The lowest BCUT2D eigenvalue weighted by atomic mass is 9.90. The average molecular weight is 533 g/mol. The van der Waals surface area contributed by atoms with E-state index in [9.17, 15) is 4.39 Å². The van der Waals surface area contributed by atoms with Crippen LogP contribution in [0.2, 0.25) is 0 Å². The van der Waals surface area contributed by atoms with Crippen LogP contribution in [0.3, 0.4) is 0 Å². The number of aryl methyl sites for hydroxylation is 1. The van der Waals surface area contributed by atoms with Gasteiger partial charge in [0.15, 0.2) is 0 Å². The molecule has 1 aliphatic rings. The van der Waals surface area contributed by atoms with Gasteiger partial charge in [0.25, 0.3) is 0 Å². The van der Waals surface area contributed by atoms with E-state index in [0.717, 1.165) is 61.7 Å². The van der Waals surface area contributed by atoms with Crippen LogP contribution >= 0.6 is 0 Å². The highest BCUT2D eigenvalue weighted by atomic mass is 19.1. The minimum absolute atomic E-state index is 0.212. The lowest BCUT2D eigenvalue weighted by Crippen LogP contribution is -2.31. The fourth-order valence-electron chi connectivity index (χ4n) is 5.46. The molecule has 1 aliphatic carbocycles. The number of nitrogens with zero attached hydrogens (tertiary/aromatic N) is 4. The molecule has 3 aromatic heterocycles. The third-order valence-electron chi connectivity index (χ3n) is 7.51. The molecule has 40 heavy (non-hydrogen) atoms. The van der Waals surface area contributed by atoms with Crippen molar-refractivity contribution in [2.75, 3.05) is 0 Å². The van der Waals surface area contributed by atoms with Crippen LogP contribution in [0.1, 0.15) is 52.8 Å². The van der Waals surface area contributed by atoms with Gasteiger partial charge in [-0.25, -0.2) is 9.37 Å². The van der Waals surface area contributed by atoms with Gasteiger partial charge in [0.05, 0.1) is 35.9 Å².